The van der Waals surface area contributed by atoms with Crippen LogP contribution in [0.5, 0.6) is 17.2 Å². The third kappa shape index (κ3) is 3.74. The Kier molecular flexibility index (Phi) is 6.30. The highest BCUT2D eigenvalue weighted by Crippen LogP contribution is 2.54. The van der Waals surface area contributed by atoms with Gasteiger partial charge in [0.15, 0.2) is 17.8 Å². The van der Waals surface area contributed by atoms with E-state index >= 15 is 0 Å². The summed E-state index contributed by atoms with van der Waals surface area (Å²) in [6.07, 6.45) is -7.92. The number of aliphatic hydroxyl groups is 4. The largest absolute Gasteiger partial charge is 0.504 e. The minimum atomic E-state index is -1.59. The summed E-state index contributed by atoms with van der Waals surface area (Å²) in [5.74, 6) is -0.941. The standard InChI is InChI=1S/C20H30N2O9/c1-21-3-5-22(6-4-21)7-9-11-12(15(26)18(29-2)13(9)24)17-19(31-20(11)28)16(27)14(25)10(8-23)30-17/h10,14,16-17,19-20,23-28H,3-8H2,1-2H3. The van der Waals surface area contributed by atoms with Crippen LogP contribution in [-0.4, -0.2) is 112 Å². The minimum Gasteiger partial charge on any atom is -0.504 e. The molecule has 0 spiro atoms. The van der Waals surface area contributed by atoms with Gasteiger partial charge in [-0.15, -0.1) is 0 Å². The van der Waals surface area contributed by atoms with Crippen LogP contribution >= 0.6 is 0 Å². The molecule has 0 saturated carbocycles. The number of methoxy groups -OCH3 is 1. The van der Waals surface area contributed by atoms with Gasteiger partial charge in [-0.05, 0) is 7.05 Å². The lowest BCUT2D eigenvalue weighted by atomic mass is 9.83. The molecule has 11 heteroatoms. The molecule has 3 aliphatic rings. The topological polar surface area (TPSA) is 156 Å². The number of benzene rings is 1. The molecular formula is C20H30N2O9. The molecule has 31 heavy (non-hydrogen) atoms. The zero-order valence-electron chi connectivity index (χ0n) is 17.5. The highest BCUT2D eigenvalue weighted by atomic mass is 16.6. The molecule has 4 rings (SSSR count). The zero-order chi connectivity index (χ0) is 22.4. The zero-order valence-corrected chi connectivity index (χ0v) is 17.5. The van der Waals surface area contributed by atoms with Gasteiger partial charge in [0.25, 0.3) is 0 Å². The molecule has 174 valence electrons. The van der Waals surface area contributed by atoms with E-state index in [0.29, 0.717) is 5.56 Å². The van der Waals surface area contributed by atoms with Crippen LogP contribution in [0.25, 0.3) is 0 Å². The van der Waals surface area contributed by atoms with Gasteiger partial charge in [-0.25, -0.2) is 0 Å². The molecule has 6 unspecified atom stereocenters. The van der Waals surface area contributed by atoms with Gasteiger partial charge in [-0.2, -0.15) is 0 Å². The summed E-state index contributed by atoms with van der Waals surface area (Å²) in [5.41, 5.74) is 0.563. The SMILES string of the molecule is COc1c(O)c(CN2CCN(C)CC2)c2c(c1O)C1OC(CO)C(O)C(O)C1OC2O. The van der Waals surface area contributed by atoms with E-state index in [1.807, 2.05) is 7.05 Å². The van der Waals surface area contributed by atoms with Gasteiger partial charge >= 0.3 is 0 Å². The van der Waals surface area contributed by atoms with E-state index in [-0.39, 0.29) is 29.2 Å². The van der Waals surface area contributed by atoms with E-state index in [4.69, 9.17) is 14.2 Å². The molecule has 11 nitrogen and oxygen atoms in total. The Morgan fingerprint density at radius 3 is 2.26 bits per heavy atom. The lowest BCUT2D eigenvalue weighted by Crippen LogP contribution is -2.57. The molecule has 0 amide bonds. The molecule has 3 heterocycles. The predicted octanol–water partition coefficient (Wildman–Crippen LogP) is -1.60. The fourth-order valence-corrected chi connectivity index (χ4v) is 4.63. The number of ether oxygens (including phenoxy) is 3. The number of phenols is 2. The Labute approximate surface area is 179 Å². The Bertz CT molecular complexity index is 815. The fourth-order valence-electron chi connectivity index (χ4n) is 4.63. The van der Waals surface area contributed by atoms with Gasteiger partial charge in [0.05, 0.1) is 13.7 Å². The lowest BCUT2D eigenvalue weighted by molar-refractivity contribution is -0.288. The smallest absolute Gasteiger partial charge is 0.203 e. The quantitative estimate of drug-likeness (QED) is 0.319. The van der Waals surface area contributed by atoms with Crippen molar-refractivity contribution in [2.24, 2.45) is 0 Å². The first-order valence-electron chi connectivity index (χ1n) is 10.3. The molecule has 2 fully saturated rings. The molecule has 2 saturated heterocycles. The van der Waals surface area contributed by atoms with Crippen molar-refractivity contribution in [3.8, 4) is 17.2 Å². The van der Waals surface area contributed by atoms with Crippen molar-refractivity contribution in [3.63, 3.8) is 0 Å². The van der Waals surface area contributed by atoms with Crippen LogP contribution in [-0.2, 0) is 16.0 Å². The average Bonchev–Trinajstić information content (AvgIpc) is 2.75. The van der Waals surface area contributed by atoms with E-state index in [1.165, 1.54) is 7.11 Å². The molecule has 0 aliphatic carbocycles. The maximum Gasteiger partial charge on any atom is 0.203 e. The molecule has 6 N–H and O–H groups in total. The minimum absolute atomic E-state index is 0.104. The van der Waals surface area contributed by atoms with Crippen molar-refractivity contribution in [1.29, 1.82) is 0 Å². The Balaban J connectivity index is 1.81. The van der Waals surface area contributed by atoms with E-state index in [1.54, 1.807) is 0 Å². The maximum absolute atomic E-state index is 10.9. The normalized spacial score (nSPS) is 34.3. The monoisotopic (exact) mass is 442 g/mol. The molecule has 0 radical (unpaired) electrons. The van der Waals surface area contributed by atoms with Crippen molar-refractivity contribution < 1.29 is 44.8 Å². The summed E-state index contributed by atoms with van der Waals surface area (Å²) in [6, 6.07) is 0. The third-order valence-electron chi connectivity index (χ3n) is 6.45. The summed E-state index contributed by atoms with van der Waals surface area (Å²) in [5, 5.41) is 62.8. The van der Waals surface area contributed by atoms with Gasteiger partial charge in [0, 0.05) is 49.4 Å². The van der Waals surface area contributed by atoms with Gasteiger partial charge in [0.2, 0.25) is 5.75 Å². The van der Waals surface area contributed by atoms with Crippen molar-refractivity contribution in [2.45, 2.75) is 43.4 Å². The number of phenolic OH excluding ortho intramolecular Hbond substituents is 2. The summed E-state index contributed by atoms with van der Waals surface area (Å²) >= 11 is 0. The highest BCUT2D eigenvalue weighted by Gasteiger charge is 2.52. The van der Waals surface area contributed by atoms with Gasteiger partial charge in [-0.3, -0.25) is 4.90 Å². The van der Waals surface area contributed by atoms with Crippen LogP contribution in [0.2, 0.25) is 0 Å². The number of rotatable bonds is 4. The number of piperazine rings is 1. The van der Waals surface area contributed by atoms with E-state index in [9.17, 15) is 30.6 Å². The molecule has 1 aromatic carbocycles. The number of aromatic hydroxyl groups is 2. The van der Waals surface area contributed by atoms with Crippen molar-refractivity contribution >= 4 is 0 Å². The Morgan fingerprint density at radius 2 is 1.65 bits per heavy atom. The molecule has 3 aliphatic heterocycles. The van der Waals surface area contributed by atoms with Crippen LogP contribution in [0.1, 0.15) is 29.1 Å². The van der Waals surface area contributed by atoms with E-state index < -0.39 is 49.2 Å². The summed E-state index contributed by atoms with van der Waals surface area (Å²) in [4.78, 5) is 4.28. The van der Waals surface area contributed by atoms with Crippen LogP contribution < -0.4 is 4.74 Å². The predicted molar refractivity (Wildman–Crippen MR) is 106 cm³/mol. The van der Waals surface area contributed by atoms with Crippen LogP contribution in [0, 0.1) is 0 Å². The first kappa shape index (κ1) is 22.5. The number of aliphatic hydroxyl groups excluding tert-OH is 4. The number of fused-ring (bicyclic) bond motifs is 3. The van der Waals surface area contributed by atoms with Crippen molar-refractivity contribution in [1.82, 2.24) is 9.80 Å². The Morgan fingerprint density at radius 1 is 0.968 bits per heavy atom. The molecule has 6 atom stereocenters. The summed E-state index contributed by atoms with van der Waals surface area (Å²) < 4.78 is 16.6. The van der Waals surface area contributed by atoms with Crippen LogP contribution in [0.15, 0.2) is 0 Å². The number of nitrogens with zero attached hydrogens (tertiary/aromatic N) is 2. The maximum atomic E-state index is 10.9. The van der Waals surface area contributed by atoms with E-state index in [2.05, 4.69) is 9.80 Å². The number of hydrogen-bond acceptors (Lipinski definition) is 11. The molecule has 1 aromatic rings. The summed E-state index contributed by atoms with van der Waals surface area (Å²) in [7, 11) is 3.32. The molecular weight excluding hydrogens is 412 g/mol. The van der Waals surface area contributed by atoms with Gasteiger partial charge < -0.3 is 49.7 Å². The number of hydrogen-bond donors (Lipinski definition) is 6. The van der Waals surface area contributed by atoms with E-state index in [0.717, 1.165) is 26.2 Å². The first-order valence-corrected chi connectivity index (χ1v) is 10.3. The van der Waals surface area contributed by atoms with Gasteiger partial charge in [0.1, 0.15) is 30.5 Å². The second-order valence-electron chi connectivity index (χ2n) is 8.33. The highest BCUT2D eigenvalue weighted by molar-refractivity contribution is 5.64. The second-order valence-corrected chi connectivity index (χ2v) is 8.33. The number of likely N-dealkylation sites (N-methyl/N-ethyl adjacent to an activating group) is 1. The first-order chi connectivity index (χ1) is 14.8. The second kappa shape index (κ2) is 8.68. The third-order valence-corrected chi connectivity index (χ3v) is 6.45. The van der Waals surface area contributed by atoms with Crippen LogP contribution in [0.3, 0.4) is 0 Å². The molecule has 0 aromatic heterocycles. The fraction of sp³-hybridized carbons (Fsp3) is 0.700. The van der Waals surface area contributed by atoms with Gasteiger partial charge in [-0.1, -0.05) is 0 Å². The summed E-state index contributed by atoms with van der Waals surface area (Å²) in [6.45, 7) is 2.87. The van der Waals surface area contributed by atoms with Crippen LogP contribution in [0.4, 0.5) is 0 Å². The average molecular weight is 442 g/mol. The molecule has 0 bridgehead atoms. The van der Waals surface area contributed by atoms with Crippen molar-refractivity contribution in [3.05, 3.63) is 16.7 Å². The Hall–Kier alpha value is -1.70. The lowest BCUT2D eigenvalue weighted by Gasteiger charge is -2.47. The van der Waals surface area contributed by atoms with Crippen molar-refractivity contribution in [2.75, 3.05) is 46.9 Å².